The van der Waals surface area contributed by atoms with Crippen LogP contribution in [0.2, 0.25) is 0 Å². The maximum Gasteiger partial charge on any atom is 0.596 e. The highest BCUT2D eigenvalue weighted by atomic mass is 28.4. The Morgan fingerprint density at radius 1 is 1.00 bits per heavy atom. The monoisotopic (exact) mass is 233 g/mol. The molecule has 0 bridgehead atoms. The minimum atomic E-state index is -2.60. The Morgan fingerprint density at radius 2 is 1.53 bits per heavy atom. The smallest absolute Gasteiger partial charge is 0.364 e. The first-order valence-electron chi connectivity index (χ1n) is 5.60. The van der Waals surface area contributed by atoms with Crippen molar-refractivity contribution in [1.29, 1.82) is 0 Å². The fourth-order valence-electron chi connectivity index (χ4n) is 2.18. The molecule has 0 aromatic carbocycles. The van der Waals surface area contributed by atoms with Gasteiger partial charge in [0.05, 0.1) is 0 Å². The highest BCUT2D eigenvalue weighted by molar-refractivity contribution is 6.57. The van der Waals surface area contributed by atoms with Crippen molar-refractivity contribution in [1.82, 2.24) is 4.98 Å². The van der Waals surface area contributed by atoms with Gasteiger partial charge in [-0.25, -0.2) is 0 Å². The summed E-state index contributed by atoms with van der Waals surface area (Å²) in [4.78, 5) is 3.44. The normalized spacial score (nSPS) is 28.0. The summed E-state index contributed by atoms with van der Waals surface area (Å²) in [5, 5.41) is 0. The average Bonchev–Trinajstić information content (AvgIpc) is 2.29. The lowest BCUT2D eigenvalue weighted by atomic mass is 9.87. The Morgan fingerprint density at radius 3 is 2.00 bits per heavy atom. The first-order chi connectivity index (χ1) is 7.17. The topological polar surface area (TPSA) is 39.7 Å². The van der Waals surface area contributed by atoms with Gasteiger partial charge in [-0.05, 0) is 18.8 Å². The molecule has 0 aromatic heterocycles. The summed E-state index contributed by atoms with van der Waals surface area (Å²) in [7, 11) is 2.32. The lowest BCUT2D eigenvalue weighted by Gasteiger charge is -2.35. The second-order valence-electron chi connectivity index (χ2n) is 4.18. The van der Waals surface area contributed by atoms with Crippen LogP contribution in [0.25, 0.3) is 0 Å². The lowest BCUT2D eigenvalue weighted by Crippen LogP contribution is -2.62. The van der Waals surface area contributed by atoms with Crippen LogP contribution in [0, 0.1) is 5.92 Å². The van der Waals surface area contributed by atoms with E-state index in [1.54, 1.807) is 21.3 Å². The molecule has 0 spiro atoms. The zero-order valence-electron chi connectivity index (χ0n) is 10.2. The molecule has 1 aliphatic carbocycles. The van der Waals surface area contributed by atoms with Crippen molar-refractivity contribution in [2.24, 2.45) is 5.92 Å². The van der Waals surface area contributed by atoms with Crippen molar-refractivity contribution >= 4 is 8.97 Å². The third kappa shape index (κ3) is 3.25. The van der Waals surface area contributed by atoms with Gasteiger partial charge in [-0.1, -0.05) is 19.8 Å². The predicted molar refractivity (Wildman–Crippen MR) is 61.3 cm³/mol. The fourth-order valence-corrected chi connectivity index (χ4v) is 3.92. The van der Waals surface area contributed by atoms with E-state index in [9.17, 15) is 0 Å². The first kappa shape index (κ1) is 13.1. The quantitative estimate of drug-likeness (QED) is 0.731. The second kappa shape index (κ2) is 5.96. The van der Waals surface area contributed by atoms with Gasteiger partial charge in [0.25, 0.3) is 0 Å². The summed E-state index contributed by atoms with van der Waals surface area (Å²) >= 11 is 0. The Balaban J connectivity index is 2.56. The number of hydrogen-bond donors (Lipinski definition) is 1. The van der Waals surface area contributed by atoms with Crippen LogP contribution in [0.1, 0.15) is 32.6 Å². The van der Waals surface area contributed by atoms with Crippen LogP contribution >= 0.6 is 0 Å². The molecular formula is C10H23NO3Si. The van der Waals surface area contributed by atoms with E-state index in [4.69, 9.17) is 13.3 Å². The third-order valence-electron chi connectivity index (χ3n) is 3.28. The lowest BCUT2D eigenvalue weighted by molar-refractivity contribution is 0.0969. The van der Waals surface area contributed by atoms with Crippen molar-refractivity contribution in [3.8, 4) is 0 Å². The van der Waals surface area contributed by atoms with E-state index in [0.29, 0.717) is 12.0 Å². The molecule has 1 fully saturated rings. The van der Waals surface area contributed by atoms with Gasteiger partial charge in [-0.15, -0.1) is 0 Å². The van der Waals surface area contributed by atoms with E-state index >= 15 is 0 Å². The van der Waals surface area contributed by atoms with Crippen LogP contribution in [-0.2, 0) is 13.3 Å². The molecule has 2 unspecified atom stereocenters. The maximum atomic E-state index is 5.37. The first-order valence-corrected chi connectivity index (χ1v) is 7.33. The van der Waals surface area contributed by atoms with Gasteiger partial charge < -0.3 is 13.3 Å². The van der Waals surface area contributed by atoms with E-state index in [-0.39, 0.29) is 0 Å². The summed E-state index contributed by atoms with van der Waals surface area (Å²) in [5.41, 5.74) is 0. The molecule has 4 nitrogen and oxygen atoms in total. The van der Waals surface area contributed by atoms with Crippen LogP contribution in [0.4, 0.5) is 0 Å². The summed E-state index contributed by atoms with van der Waals surface area (Å²) in [6.45, 7) is 2.27. The van der Waals surface area contributed by atoms with Crippen LogP contribution in [0.3, 0.4) is 0 Å². The third-order valence-corrected chi connectivity index (χ3v) is 5.62. The molecule has 15 heavy (non-hydrogen) atoms. The molecule has 0 amide bonds. The molecule has 0 heterocycles. The molecule has 0 aromatic rings. The highest BCUT2D eigenvalue weighted by Crippen LogP contribution is 2.25. The Kier molecular flexibility index (Phi) is 5.21. The van der Waals surface area contributed by atoms with Crippen LogP contribution in [-0.4, -0.2) is 36.3 Å². The van der Waals surface area contributed by atoms with Gasteiger partial charge in [-0.2, -0.15) is 0 Å². The molecule has 0 radical (unpaired) electrons. The summed E-state index contributed by atoms with van der Waals surface area (Å²) < 4.78 is 16.1. The fraction of sp³-hybridized carbons (Fsp3) is 1.00. The largest absolute Gasteiger partial charge is 0.596 e. The Labute approximate surface area is 93.7 Å². The highest BCUT2D eigenvalue weighted by Gasteiger charge is 2.42. The summed E-state index contributed by atoms with van der Waals surface area (Å²) in [5.74, 6) is 0.672. The molecule has 1 rings (SSSR count). The summed E-state index contributed by atoms with van der Waals surface area (Å²) in [6.07, 6.45) is 5.08. The average molecular weight is 233 g/mol. The van der Waals surface area contributed by atoms with E-state index in [1.165, 1.54) is 25.7 Å². The Hall–Kier alpha value is 0.0569. The van der Waals surface area contributed by atoms with E-state index in [1.807, 2.05) is 0 Å². The van der Waals surface area contributed by atoms with Crippen LogP contribution in [0.5, 0.6) is 0 Å². The molecule has 1 N–H and O–H groups in total. The molecule has 0 saturated heterocycles. The van der Waals surface area contributed by atoms with Crippen LogP contribution in [0.15, 0.2) is 0 Å². The molecule has 5 heteroatoms. The minimum Gasteiger partial charge on any atom is -0.364 e. The molecule has 0 aliphatic heterocycles. The van der Waals surface area contributed by atoms with Crippen molar-refractivity contribution in [3.05, 3.63) is 0 Å². The Bertz CT molecular complexity index is 179. The number of hydrogen-bond acceptors (Lipinski definition) is 4. The van der Waals surface area contributed by atoms with Crippen molar-refractivity contribution in [2.45, 2.75) is 38.6 Å². The van der Waals surface area contributed by atoms with Crippen molar-refractivity contribution in [3.63, 3.8) is 0 Å². The zero-order valence-corrected chi connectivity index (χ0v) is 11.2. The molecule has 90 valence electrons. The van der Waals surface area contributed by atoms with Gasteiger partial charge in [-0.3, -0.25) is 4.98 Å². The molecule has 2 atom stereocenters. The van der Waals surface area contributed by atoms with Gasteiger partial charge in [0.1, 0.15) is 0 Å². The molecular weight excluding hydrogens is 210 g/mol. The molecule has 1 saturated carbocycles. The van der Waals surface area contributed by atoms with Crippen LogP contribution < -0.4 is 4.98 Å². The van der Waals surface area contributed by atoms with E-state index in [2.05, 4.69) is 11.9 Å². The second-order valence-corrected chi connectivity index (χ2v) is 6.81. The summed E-state index contributed by atoms with van der Waals surface area (Å²) in [6, 6.07) is 0.463. The van der Waals surface area contributed by atoms with E-state index < -0.39 is 8.97 Å². The maximum absolute atomic E-state index is 5.37. The van der Waals surface area contributed by atoms with Crippen molar-refractivity contribution in [2.75, 3.05) is 21.3 Å². The van der Waals surface area contributed by atoms with Crippen molar-refractivity contribution < 1.29 is 13.3 Å². The van der Waals surface area contributed by atoms with Gasteiger partial charge in [0, 0.05) is 27.4 Å². The van der Waals surface area contributed by atoms with Gasteiger partial charge >= 0.3 is 8.97 Å². The van der Waals surface area contributed by atoms with Gasteiger partial charge in [0.15, 0.2) is 0 Å². The zero-order chi connectivity index (χ0) is 11.3. The number of rotatable bonds is 5. The minimum absolute atomic E-state index is 0.463. The SMILES string of the molecule is CO[Si](NC1CCCCC1C)(OC)OC. The van der Waals surface area contributed by atoms with E-state index in [0.717, 1.165) is 0 Å². The standard InChI is InChI=1S/C10H23NO3Si/c1-9-7-5-6-8-10(9)11-15(12-2,13-3)14-4/h9-11H,5-8H2,1-4H3. The predicted octanol–water partition coefficient (Wildman–Crippen LogP) is 1.53. The van der Waals surface area contributed by atoms with Gasteiger partial charge in [0.2, 0.25) is 0 Å². The molecule has 1 aliphatic rings. The number of nitrogens with one attached hydrogen (secondary N) is 1.